The first-order valence-corrected chi connectivity index (χ1v) is 14.1. The molecule has 1 unspecified atom stereocenters. The second-order valence-electron chi connectivity index (χ2n) is 9.08. The molecule has 38 heavy (non-hydrogen) atoms. The molecule has 5 rings (SSSR count). The number of nitrogens with one attached hydrogen (secondary N) is 1. The zero-order chi connectivity index (χ0) is 26.7. The molecule has 0 spiro atoms. The van der Waals surface area contributed by atoms with E-state index in [1.807, 2.05) is 55.5 Å². The lowest BCUT2D eigenvalue weighted by Crippen LogP contribution is -2.33. The maximum atomic E-state index is 14.2. The van der Waals surface area contributed by atoms with Crippen LogP contribution in [0.25, 0.3) is 0 Å². The maximum Gasteiger partial charge on any atom is 0.249 e. The summed E-state index contributed by atoms with van der Waals surface area (Å²) in [7, 11) is -4.06. The lowest BCUT2D eigenvalue weighted by atomic mass is 10.2. The van der Waals surface area contributed by atoms with Crippen LogP contribution in [-0.2, 0) is 29.7 Å². The van der Waals surface area contributed by atoms with Gasteiger partial charge >= 0.3 is 0 Å². The minimum Gasteiger partial charge on any atom is -0.456 e. The van der Waals surface area contributed by atoms with Crippen LogP contribution in [0.15, 0.2) is 77.8 Å². The van der Waals surface area contributed by atoms with Gasteiger partial charge in [0.05, 0.1) is 37.3 Å². The van der Waals surface area contributed by atoms with E-state index in [0.29, 0.717) is 35.1 Å². The summed E-state index contributed by atoms with van der Waals surface area (Å²) in [6, 6.07) is 19.6. The number of hydrogen-bond donors (Lipinski definition) is 2. The number of anilines is 1. The Bertz CT molecular complexity index is 1520. The molecule has 0 aliphatic carbocycles. The first kappa shape index (κ1) is 26.2. The smallest absolute Gasteiger partial charge is 0.249 e. The summed E-state index contributed by atoms with van der Waals surface area (Å²) >= 11 is 5.98. The second-order valence-corrected chi connectivity index (χ2v) is 11.4. The van der Waals surface area contributed by atoms with Crippen LogP contribution >= 0.6 is 11.6 Å². The second kappa shape index (κ2) is 11.1. The quantitative estimate of drug-likeness (QED) is 0.326. The summed E-state index contributed by atoms with van der Waals surface area (Å²) < 4.78 is 37.5. The Morgan fingerprint density at radius 1 is 1.05 bits per heavy atom. The molecule has 4 aromatic rings. The van der Waals surface area contributed by atoms with Gasteiger partial charge in [0.15, 0.2) is 0 Å². The van der Waals surface area contributed by atoms with Crippen LogP contribution in [0.1, 0.15) is 30.2 Å². The van der Waals surface area contributed by atoms with Crippen molar-refractivity contribution in [3.05, 3.63) is 94.8 Å². The Labute approximate surface area is 226 Å². The summed E-state index contributed by atoms with van der Waals surface area (Å²) in [4.78, 5) is 0.0231. The van der Waals surface area contributed by atoms with Crippen LogP contribution in [0.4, 0.5) is 5.69 Å². The van der Waals surface area contributed by atoms with Gasteiger partial charge < -0.3 is 15.2 Å². The van der Waals surface area contributed by atoms with Crippen LogP contribution in [0.3, 0.4) is 0 Å². The first-order chi connectivity index (χ1) is 18.4. The summed E-state index contributed by atoms with van der Waals surface area (Å²) in [5.74, 6) is 0.790. The number of nitrogens with zero attached hydrogens (tertiary/aromatic N) is 4. The van der Waals surface area contributed by atoms with Crippen LogP contribution in [0.5, 0.6) is 11.5 Å². The summed E-state index contributed by atoms with van der Waals surface area (Å²) in [6.07, 6.45) is 2.36. The molecule has 9 nitrogen and oxygen atoms in total. The molecular weight excluding hydrogens is 526 g/mol. The molecule has 2 N–H and O–H groups in total. The number of aromatic nitrogens is 3. The van der Waals surface area contributed by atoms with Gasteiger partial charge in [-0.1, -0.05) is 60.1 Å². The van der Waals surface area contributed by atoms with E-state index in [2.05, 4.69) is 15.6 Å². The van der Waals surface area contributed by atoms with Gasteiger partial charge in [-0.25, -0.2) is 13.1 Å². The SMILES string of the molecule is CCC(CO)Nc1cccc2c1S(=O)(=O)N(Cc1cn(Cc3ccc(Cl)cc3)nn1)Cc1ccccc1O2. The van der Waals surface area contributed by atoms with Gasteiger partial charge in [0.25, 0.3) is 0 Å². The van der Waals surface area contributed by atoms with Crippen LogP contribution in [0, 0.1) is 0 Å². The van der Waals surface area contributed by atoms with Gasteiger partial charge in [0.1, 0.15) is 16.4 Å². The fourth-order valence-electron chi connectivity index (χ4n) is 4.32. The number of sulfonamides is 1. The number of aliphatic hydroxyl groups excluding tert-OH is 1. The molecule has 1 aromatic heterocycles. The van der Waals surface area contributed by atoms with E-state index in [1.54, 1.807) is 29.1 Å². The van der Waals surface area contributed by atoms with Gasteiger partial charge in [-0.2, -0.15) is 4.31 Å². The third kappa shape index (κ3) is 5.53. The van der Waals surface area contributed by atoms with Crippen molar-refractivity contribution in [3.63, 3.8) is 0 Å². The molecule has 0 saturated carbocycles. The highest BCUT2D eigenvalue weighted by molar-refractivity contribution is 7.89. The fourth-order valence-corrected chi connectivity index (χ4v) is 6.08. The predicted molar refractivity (Wildman–Crippen MR) is 145 cm³/mol. The van der Waals surface area contributed by atoms with Crippen molar-refractivity contribution >= 4 is 27.3 Å². The molecule has 0 amide bonds. The topological polar surface area (TPSA) is 110 Å². The van der Waals surface area contributed by atoms with Crippen molar-refractivity contribution in [2.75, 3.05) is 11.9 Å². The highest BCUT2D eigenvalue weighted by Gasteiger charge is 2.35. The maximum absolute atomic E-state index is 14.2. The molecule has 1 aliphatic heterocycles. The molecule has 3 aromatic carbocycles. The number of para-hydroxylation sites is 1. The van der Waals surface area contributed by atoms with Gasteiger partial charge in [-0.05, 0) is 42.3 Å². The largest absolute Gasteiger partial charge is 0.456 e. The Balaban J connectivity index is 1.51. The van der Waals surface area contributed by atoms with Crippen molar-refractivity contribution in [2.24, 2.45) is 0 Å². The molecule has 1 aliphatic rings. The highest BCUT2D eigenvalue weighted by atomic mass is 35.5. The van der Waals surface area contributed by atoms with Crippen molar-refractivity contribution in [3.8, 4) is 11.5 Å². The molecule has 198 valence electrons. The average Bonchev–Trinajstić information content (AvgIpc) is 3.35. The Morgan fingerprint density at radius 2 is 1.82 bits per heavy atom. The summed E-state index contributed by atoms with van der Waals surface area (Å²) in [5, 5.41) is 22.0. The number of ether oxygens (including phenoxy) is 1. The van der Waals surface area contributed by atoms with Gasteiger partial charge in [-0.15, -0.1) is 5.10 Å². The molecule has 11 heteroatoms. The molecule has 2 heterocycles. The van der Waals surface area contributed by atoms with Gasteiger partial charge in [0.2, 0.25) is 10.0 Å². The molecule has 0 radical (unpaired) electrons. The van der Waals surface area contributed by atoms with Crippen LogP contribution in [0.2, 0.25) is 5.02 Å². The van der Waals surface area contributed by atoms with Crippen molar-refractivity contribution in [1.82, 2.24) is 19.3 Å². The van der Waals surface area contributed by atoms with Crippen LogP contribution in [-0.4, -0.2) is 45.5 Å². The van der Waals surface area contributed by atoms with E-state index in [-0.39, 0.29) is 36.4 Å². The van der Waals surface area contributed by atoms with E-state index >= 15 is 0 Å². The lowest BCUT2D eigenvalue weighted by molar-refractivity contribution is 0.271. The normalized spacial score (nSPS) is 15.4. The lowest BCUT2D eigenvalue weighted by Gasteiger charge is -2.29. The average molecular weight is 554 g/mol. The number of aliphatic hydroxyl groups is 1. The zero-order valence-corrected chi connectivity index (χ0v) is 22.4. The number of halogens is 1. The Morgan fingerprint density at radius 3 is 2.58 bits per heavy atom. The van der Waals surface area contributed by atoms with E-state index < -0.39 is 10.0 Å². The first-order valence-electron chi connectivity index (χ1n) is 12.3. The summed E-state index contributed by atoms with van der Waals surface area (Å²) in [5.41, 5.74) is 2.61. The Kier molecular flexibility index (Phi) is 7.66. The molecular formula is C27H28ClN5O4S. The fraction of sp³-hybridized carbons (Fsp3) is 0.259. The molecule has 1 atom stereocenters. The third-order valence-corrected chi connectivity index (χ3v) is 8.50. The third-order valence-electron chi connectivity index (χ3n) is 6.37. The zero-order valence-electron chi connectivity index (χ0n) is 20.8. The number of hydrogen-bond acceptors (Lipinski definition) is 7. The molecule has 0 saturated heterocycles. The van der Waals surface area contributed by atoms with E-state index in [1.165, 1.54) is 4.31 Å². The van der Waals surface area contributed by atoms with Gasteiger partial charge in [0, 0.05) is 23.2 Å². The highest BCUT2D eigenvalue weighted by Crippen LogP contribution is 2.41. The molecule has 0 fully saturated rings. The van der Waals surface area contributed by atoms with Crippen LogP contribution < -0.4 is 10.1 Å². The number of rotatable bonds is 8. The van der Waals surface area contributed by atoms with Crippen molar-refractivity contribution in [1.29, 1.82) is 0 Å². The van der Waals surface area contributed by atoms with Gasteiger partial charge in [-0.3, -0.25) is 0 Å². The van der Waals surface area contributed by atoms with Crippen molar-refractivity contribution < 1.29 is 18.3 Å². The van der Waals surface area contributed by atoms with E-state index in [0.717, 1.165) is 11.1 Å². The van der Waals surface area contributed by atoms with E-state index in [9.17, 15) is 13.5 Å². The van der Waals surface area contributed by atoms with Crippen molar-refractivity contribution in [2.45, 2.75) is 43.9 Å². The Hall–Kier alpha value is -3.44. The molecule has 0 bridgehead atoms. The minimum absolute atomic E-state index is 0.0161. The standard InChI is InChI=1S/C27H28ClN5O4S/c1-2-22(18-34)29-24-7-5-9-26-27(24)38(35,36)33(15-20-6-3-4-8-25(20)37-26)17-23-16-32(31-30-23)14-19-10-12-21(28)13-11-19/h3-13,16,22,29,34H,2,14-15,17-18H2,1H3. The minimum atomic E-state index is -4.06. The predicted octanol–water partition coefficient (Wildman–Crippen LogP) is 4.66. The monoisotopic (exact) mass is 553 g/mol. The van der Waals surface area contributed by atoms with E-state index in [4.69, 9.17) is 16.3 Å². The number of benzene rings is 3. The summed E-state index contributed by atoms with van der Waals surface area (Å²) in [6.45, 7) is 2.37. The number of fused-ring (bicyclic) bond motifs is 2.